The third-order valence-corrected chi connectivity index (χ3v) is 7.14. The monoisotopic (exact) mass is 422 g/mol. The number of allylic oxidation sites excluding steroid dienone is 2. The van der Waals surface area contributed by atoms with Gasteiger partial charge in [-0.25, -0.2) is 0 Å². The van der Waals surface area contributed by atoms with Crippen LogP contribution in [0.15, 0.2) is 69.5 Å². The number of hydrogen-bond acceptors (Lipinski definition) is 3. The first-order chi connectivity index (χ1) is 13.8. The van der Waals surface area contributed by atoms with E-state index in [1.165, 1.54) is 9.79 Å². The maximum Gasteiger partial charge on any atom is 0.185 e. The summed E-state index contributed by atoms with van der Waals surface area (Å²) in [6.45, 7) is 6.84. The standard InChI is InChI=1S/C26H30OS2/c1-26(2,3)22-16-20(14-18-6-10-23(28-4)11-7-18)25(27)21(17-22)15-19-8-12-24(29-5)13-9-19/h6-15,22H,16-17H2,1-5H3. The molecule has 3 rings (SSSR count). The van der Waals surface area contributed by atoms with Crippen LogP contribution in [0, 0.1) is 11.3 Å². The minimum Gasteiger partial charge on any atom is -0.289 e. The van der Waals surface area contributed by atoms with Crippen molar-refractivity contribution in [1.82, 2.24) is 0 Å². The minimum absolute atomic E-state index is 0.157. The molecular formula is C26H30OS2. The Morgan fingerprint density at radius 2 is 1.14 bits per heavy atom. The first-order valence-corrected chi connectivity index (χ1v) is 12.5. The molecule has 1 fully saturated rings. The van der Waals surface area contributed by atoms with E-state index >= 15 is 0 Å². The van der Waals surface area contributed by atoms with Crippen LogP contribution in [0.1, 0.15) is 44.7 Å². The van der Waals surface area contributed by atoms with Gasteiger partial charge in [-0.2, -0.15) is 0 Å². The van der Waals surface area contributed by atoms with Crippen LogP contribution in [0.3, 0.4) is 0 Å². The summed E-state index contributed by atoms with van der Waals surface area (Å²) in [4.78, 5) is 15.8. The lowest BCUT2D eigenvalue weighted by molar-refractivity contribution is -0.113. The fourth-order valence-corrected chi connectivity index (χ4v) is 4.48. The second-order valence-corrected chi connectivity index (χ2v) is 10.4. The zero-order chi connectivity index (χ0) is 21.0. The van der Waals surface area contributed by atoms with Gasteiger partial charge < -0.3 is 0 Å². The molecule has 0 unspecified atom stereocenters. The van der Waals surface area contributed by atoms with Crippen LogP contribution in [-0.4, -0.2) is 18.3 Å². The van der Waals surface area contributed by atoms with Gasteiger partial charge in [-0.1, -0.05) is 45.0 Å². The van der Waals surface area contributed by atoms with Gasteiger partial charge in [-0.3, -0.25) is 4.79 Å². The Kier molecular flexibility index (Phi) is 7.13. The predicted molar refractivity (Wildman–Crippen MR) is 130 cm³/mol. The van der Waals surface area contributed by atoms with Gasteiger partial charge in [0.2, 0.25) is 0 Å². The molecule has 1 nitrogen and oxygen atoms in total. The van der Waals surface area contributed by atoms with Gasteiger partial charge in [0.1, 0.15) is 0 Å². The van der Waals surface area contributed by atoms with Gasteiger partial charge in [0.25, 0.3) is 0 Å². The Morgan fingerprint density at radius 1 is 0.759 bits per heavy atom. The van der Waals surface area contributed by atoms with Gasteiger partial charge >= 0.3 is 0 Å². The molecule has 152 valence electrons. The van der Waals surface area contributed by atoms with Crippen molar-refractivity contribution in [2.24, 2.45) is 11.3 Å². The van der Waals surface area contributed by atoms with Gasteiger partial charge in [0.05, 0.1) is 0 Å². The van der Waals surface area contributed by atoms with Crippen LogP contribution >= 0.6 is 23.5 Å². The maximum absolute atomic E-state index is 13.3. The number of carbonyl (C=O) groups excluding carboxylic acids is 1. The number of ketones is 1. The highest BCUT2D eigenvalue weighted by Crippen LogP contribution is 2.42. The molecule has 2 aromatic carbocycles. The lowest BCUT2D eigenvalue weighted by Gasteiger charge is -2.35. The van der Waals surface area contributed by atoms with Crippen LogP contribution in [0.2, 0.25) is 0 Å². The molecule has 29 heavy (non-hydrogen) atoms. The largest absolute Gasteiger partial charge is 0.289 e. The third kappa shape index (κ3) is 5.67. The van der Waals surface area contributed by atoms with E-state index in [2.05, 4.69) is 94.0 Å². The van der Waals surface area contributed by atoms with E-state index in [1.807, 2.05) is 0 Å². The van der Waals surface area contributed by atoms with Crippen molar-refractivity contribution in [3.05, 3.63) is 70.8 Å². The van der Waals surface area contributed by atoms with Crippen LogP contribution < -0.4 is 0 Å². The van der Waals surface area contributed by atoms with Crippen LogP contribution in [0.25, 0.3) is 12.2 Å². The maximum atomic E-state index is 13.3. The summed E-state index contributed by atoms with van der Waals surface area (Å²) in [7, 11) is 0. The first-order valence-electron chi connectivity index (χ1n) is 10.0. The Labute approximate surface area is 184 Å². The van der Waals surface area contributed by atoms with E-state index in [1.54, 1.807) is 23.5 Å². The molecule has 0 aromatic heterocycles. The normalized spacial score (nSPS) is 20.4. The molecule has 0 aliphatic heterocycles. The molecule has 1 aliphatic carbocycles. The van der Waals surface area contributed by atoms with Gasteiger partial charge in [0, 0.05) is 20.9 Å². The molecule has 0 heterocycles. The van der Waals surface area contributed by atoms with E-state index < -0.39 is 0 Å². The van der Waals surface area contributed by atoms with Crippen LogP contribution in [0.5, 0.6) is 0 Å². The molecule has 1 saturated carbocycles. The van der Waals surface area contributed by atoms with Gasteiger partial charge in [-0.05, 0) is 84.2 Å². The van der Waals surface area contributed by atoms with Gasteiger partial charge in [0.15, 0.2) is 5.78 Å². The van der Waals surface area contributed by atoms with Crippen molar-refractivity contribution >= 4 is 41.5 Å². The Morgan fingerprint density at radius 3 is 1.45 bits per heavy atom. The topological polar surface area (TPSA) is 17.1 Å². The van der Waals surface area contributed by atoms with Crippen molar-refractivity contribution in [2.45, 2.75) is 43.4 Å². The number of Topliss-reactive ketones (excluding diaryl/α,β-unsaturated/α-hetero) is 1. The van der Waals surface area contributed by atoms with Crippen LogP contribution in [-0.2, 0) is 4.79 Å². The highest BCUT2D eigenvalue weighted by molar-refractivity contribution is 7.98. The zero-order valence-corrected chi connectivity index (χ0v) is 19.6. The predicted octanol–water partition coefficient (Wildman–Crippen LogP) is 7.62. The Bertz CT molecular complexity index is 843. The molecule has 0 atom stereocenters. The van der Waals surface area contributed by atoms with E-state index in [9.17, 15) is 4.79 Å². The molecule has 0 N–H and O–H groups in total. The summed E-state index contributed by atoms with van der Waals surface area (Å²) < 4.78 is 0. The third-order valence-electron chi connectivity index (χ3n) is 5.65. The Balaban J connectivity index is 1.96. The summed E-state index contributed by atoms with van der Waals surface area (Å²) in [5, 5.41) is 0. The fourth-order valence-electron chi connectivity index (χ4n) is 3.66. The van der Waals surface area contributed by atoms with Crippen molar-refractivity contribution in [3.63, 3.8) is 0 Å². The number of hydrogen-bond donors (Lipinski definition) is 0. The van der Waals surface area contributed by atoms with E-state index in [0.29, 0.717) is 5.92 Å². The van der Waals surface area contributed by atoms with E-state index in [4.69, 9.17) is 0 Å². The highest BCUT2D eigenvalue weighted by Gasteiger charge is 2.34. The summed E-state index contributed by atoms with van der Waals surface area (Å²) in [5.74, 6) is 0.655. The number of benzene rings is 2. The molecule has 0 radical (unpaired) electrons. The van der Waals surface area contributed by atoms with Crippen molar-refractivity contribution < 1.29 is 4.79 Å². The second kappa shape index (κ2) is 9.40. The van der Waals surface area contributed by atoms with Crippen molar-refractivity contribution in [1.29, 1.82) is 0 Å². The summed E-state index contributed by atoms with van der Waals surface area (Å²) in [6, 6.07) is 16.9. The average molecular weight is 423 g/mol. The lowest BCUT2D eigenvalue weighted by Crippen LogP contribution is -2.29. The Hall–Kier alpha value is -1.71. The summed E-state index contributed by atoms with van der Waals surface area (Å²) in [5.41, 5.74) is 4.22. The number of thioether (sulfide) groups is 2. The van der Waals surface area contributed by atoms with E-state index in [0.717, 1.165) is 35.1 Å². The molecule has 3 heteroatoms. The minimum atomic E-state index is 0.157. The average Bonchev–Trinajstić information content (AvgIpc) is 2.71. The summed E-state index contributed by atoms with van der Waals surface area (Å²) in [6.07, 6.45) is 10.0. The molecule has 0 spiro atoms. The second-order valence-electron chi connectivity index (χ2n) is 8.69. The number of carbonyl (C=O) groups is 1. The zero-order valence-electron chi connectivity index (χ0n) is 18.0. The van der Waals surface area contributed by atoms with Crippen LogP contribution in [0.4, 0.5) is 0 Å². The van der Waals surface area contributed by atoms with E-state index in [-0.39, 0.29) is 11.2 Å². The fraction of sp³-hybridized carbons (Fsp3) is 0.346. The van der Waals surface area contributed by atoms with Crippen molar-refractivity contribution in [2.75, 3.05) is 12.5 Å². The number of rotatable bonds is 4. The molecule has 2 aromatic rings. The molecule has 0 saturated heterocycles. The van der Waals surface area contributed by atoms with Crippen molar-refractivity contribution in [3.8, 4) is 0 Å². The highest BCUT2D eigenvalue weighted by atomic mass is 32.2. The SMILES string of the molecule is CSc1ccc(C=C2CC(C(C)(C)C)CC(=Cc3ccc(SC)cc3)C2=O)cc1. The summed E-state index contributed by atoms with van der Waals surface area (Å²) >= 11 is 3.47. The first kappa shape index (κ1) is 22.0. The quantitative estimate of drug-likeness (QED) is 0.372. The smallest absolute Gasteiger partial charge is 0.185 e. The molecule has 0 amide bonds. The lowest BCUT2D eigenvalue weighted by atomic mass is 9.68. The van der Waals surface area contributed by atoms with Gasteiger partial charge in [-0.15, -0.1) is 23.5 Å². The molecule has 1 aliphatic rings. The molecule has 0 bridgehead atoms. The molecular weight excluding hydrogens is 392 g/mol.